The van der Waals surface area contributed by atoms with Gasteiger partial charge in [-0.2, -0.15) is 0 Å². The maximum absolute atomic E-state index is 12.7. The van der Waals surface area contributed by atoms with Gasteiger partial charge in [0.25, 0.3) is 6.43 Å². The van der Waals surface area contributed by atoms with E-state index >= 15 is 0 Å². The second-order valence-electron chi connectivity index (χ2n) is 3.32. The molecule has 1 heterocycles. The van der Waals surface area contributed by atoms with E-state index in [0.29, 0.717) is 0 Å². The van der Waals surface area contributed by atoms with Crippen molar-refractivity contribution in [3.63, 3.8) is 0 Å². The number of aromatic nitrogens is 1. The van der Waals surface area contributed by atoms with E-state index in [1.807, 2.05) is 0 Å². The van der Waals surface area contributed by atoms with E-state index < -0.39 is 12.4 Å². The highest BCUT2D eigenvalue weighted by Gasteiger charge is 2.18. The number of nitrogens with zero attached hydrogens (tertiary/aromatic N) is 1. The van der Waals surface area contributed by atoms with E-state index in [-0.39, 0.29) is 35.6 Å². The van der Waals surface area contributed by atoms with Crippen molar-refractivity contribution in [2.24, 2.45) is 5.73 Å². The lowest BCUT2D eigenvalue weighted by molar-refractivity contribution is -0.139. The Morgan fingerprint density at radius 3 is 2.71 bits per heavy atom. The normalized spacial score (nSPS) is 10.6. The Morgan fingerprint density at radius 1 is 1.59 bits per heavy atom. The first kappa shape index (κ1) is 13.3. The molecule has 7 heteroatoms. The molecule has 1 rings (SSSR count). The molecule has 94 valence electrons. The minimum Gasteiger partial charge on any atom is -0.469 e. The van der Waals surface area contributed by atoms with Crippen LogP contribution in [0.25, 0.3) is 0 Å². The smallest absolute Gasteiger partial charge is 0.311 e. The van der Waals surface area contributed by atoms with Crippen LogP contribution in [0.4, 0.5) is 14.5 Å². The Morgan fingerprint density at radius 2 is 2.24 bits per heavy atom. The van der Waals surface area contributed by atoms with E-state index in [1.54, 1.807) is 0 Å². The van der Waals surface area contributed by atoms with Gasteiger partial charge in [-0.25, -0.2) is 8.78 Å². The van der Waals surface area contributed by atoms with Gasteiger partial charge in [0.05, 0.1) is 30.6 Å². The lowest BCUT2D eigenvalue weighted by Crippen LogP contribution is -2.13. The SMILES string of the molecule is COC(=O)Cc1nc(CN)cc(C(F)F)c1N. The molecule has 0 aromatic carbocycles. The molecule has 0 amide bonds. The zero-order valence-electron chi connectivity index (χ0n) is 9.24. The number of carbonyl (C=O) groups is 1. The van der Waals surface area contributed by atoms with Crippen LogP contribution in [0, 0.1) is 0 Å². The first-order valence-corrected chi connectivity index (χ1v) is 4.82. The fourth-order valence-corrected chi connectivity index (χ4v) is 1.32. The first-order chi connectivity index (χ1) is 7.99. The third-order valence-corrected chi connectivity index (χ3v) is 2.21. The molecule has 0 saturated carbocycles. The molecular weight excluding hydrogens is 232 g/mol. The van der Waals surface area contributed by atoms with E-state index in [4.69, 9.17) is 11.5 Å². The summed E-state index contributed by atoms with van der Waals surface area (Å²) in [7, 11) is 1.19. The Labute approximate surface area is 96.8 Å². The predicted molar refractivity (Wildman–Crippen MR) is 57.2 cm³/mol. The molecule has 0 aliphatic heterocycles. The van der Waals surface area contributed by atoms with Gasteiger partial charge < -0.3 is 16.2 Å². The molecule has 0 radical (unpaired) electrons. The molecule has 1 aromatic heterocycles. The summed E-state index contributed by atoms with van der Waals surface area (Å²) < 4.78 is 29.8. The molecule has 0 saturated heterocycles. The van der Waals surface area contributed by atoms with Crippen LogP contribution in [0.2, 0.25) is 0 Å². The molecule has 0 spiro atoms. The molecule has 0 aliphatic rings. The van der Waals surface area contributed by atoms with Crippen LogP contribution in [0.15, 0.2) is 6.07 Å². The molecule has 0 atom stereocenters. The number of nitrogens with two attached hydrogens (primary N) is 2. The maximum atomic E-state index is 12.7. The monoisotopic (exact) mass is 245 g/mol. The van der Waals surface area contributed by atoms with E-state index in [9.17, 15) is 13.6 Å². The Bertz CT molecular complexity index is 424. The highest BCUT2D eigenvalue weighted by atomic mass is 19.3. The van der Waals surface area contributed by atoms with Crippen LogP contribution in [0.5, 0.6) is 0 Å². The van der Waals surface area contributed by atoms with Gasteiger partial charge in [-0.05, 0) is 6.07 Å². The highest BCUT2D eigenvalue weighted by Crippen LogP contribution is 2.28. The Hall–Kier alpha value is -1.76. The van der Waals surface area contributed by atoms with Crippen LogP contribution < -0.4 is 11.5 Å². The van der Waals surface area contributed by atoms with Gasteiger partial charge in [0.2, 0.25) is 0 Å². The van der Waals surface area contributed by atoms with Gasteiger partial charge in [-0.3, -0.25) is 9.78 Å². The fraction of sp³-hybridized carbons (Fsp3) is 0.400. The van der Waals surface area contributed by atoms with Crippen molar-refractivity contribution in [2.45, 2.75) is 19.4 Å². The summed E-state index contributed by atoms with van der Waals surface area (Å²) in [6, 6.07) is 1.14. The first-order valence-electron chi connectivity index (χ1n) is 4.82. The largest absolute Gasteiger partial charge is 0.469 e. The average molecular weight is 245 g/mol. The number of nitrogen functional groups attached to an aromatic ring is 1. The molecule has 1 aromatic rings. The summed E-state index contributed by atoms with van der Waals surface area (Å²) in [5, 5.41) is 0. The third kappa shape index (κ3) is 3.10. The summed E-state index contributed by atoms with van der Waals surface area (Å²) in [5.74, 6) is -0.599. The Kier molecular flexibility index (Phi) is 4.33. The van der Waals surface area contributed by atoms with Crippen molar-refractivity contribution in [1.82, 2.24) is 4.98 Å². The third-order valence-electron chi connectivity index (χ3n) is 2.21. The number of pyridine rings is 1. The molecule has 0 bridgehead atoms. The summed E-state index contributed by atoms with van der Waals surface area (Å²) in [4.78, 5) is 15.0. The number of anilines is 1. The van der Waals surface area contributed by atoms with Crippen molar-refractivity contribution in [3.05, 3.63) is 23.0 Å². The second kappa shape index (κ2) is 5.53. The van der Waals surface area contributed by atoms with E-state index in [0.717, 1.165) is 6.07 Å². The standard InChI is InChI=1S/C10H13F2N3O2/c1-17-8(16)3-7-9(14)6(10(11)12)2-5(4-13)15-7/h2,10H,3-4,13-14H2,1H3. The molecule has 5 nitrogen and oxygen atoms in total. The zero-order chi connectivity index (χ0) is 13.0. The summed E-state index contributed by atoms with van der Waals surface area (Å²) in [6.45, 7) is -0.00578. The number of hydrogen-bond acceptors (Lipinski definition) is 5. The van der Waals surface area contributed by atoms with Crippen LogP contribution in [-0.2, 0) is 22.5 Å². The second-order valence-corrected chi connectivity index (χ2v) is 3.32. The van der Waals surface area contributed by atoms with Gasteiger partial charge in [0, 0.05) is 12.1 Å². The van der Waals surface area contributed by atoms with Crippen LogP contribution in [0.1, 0.15) is 23.4 Å². The molecule has 0 aliphatic carbocycles. The van der Waals surface area contributed by atoms with Crippen molar-refractivity contribution in [1.29, 1.82) is 0 Å². The quantitative estimate of drug-likeness (QED) is 0.765. The lowest BCUT2D eigenvalue weighted by Gasteiger charge is -2.11. The lowest BCUT2D eigenvalue weighted by atomic mass is 10.1. The van der Waals surface area contributed by atoms with Gasteiger partial charge in [-0.1, -0.05) is 0 Å². The number of methoxy groups -OCH3 is 1. The number of esters is 1. The van der Waals surface area contributed by atoms with Gasteiger partial charge in [-0.15, -0.1) is 0 Å². The maximum Gasteiger partial charge on any atom is 0.311 e. The van der Waals surface area contributed by atoms with Crippen molar-refractivity contribution < 1.29 is 18.3 Å². The van der Waals surface area contributed by atoms with Crippen molar-refractivity contribution >= 4 is 11.7 Å². The molecule has 0 unspecified atom stereocenters. The van der Waals surface area contributed by atoms with Crippen LogP contribution in [-0.4, -0.2) is 18.1 Å². The molecular formula is C10H13F2N3O2. The molecule has 0 fully saturated rings. The van der Waals surface area contributed by atoms with Crippen LogP contribution in [0.3, 0.4) is 0 Å². The zero-order valence-corrected chi connectivity index (χ0v) is 9.24. The van der Waals surface area contributed by atoms with E-state index in [1.165, 1.54) is 7.11 Å². The summed E-state index contributed by atoms with van der Waals surface area (Å²) >= 11 is 0. The number of ether oxygens (including phenoxy) is 1. The number of rotatable bonds is 4. The molecule has 4 N–H and O–H groups in total. The number of alkyl halides is 2. The van der Waals surface area contributed by atoms with E-state index in [2.05, 4.69) is 9.72 Å². The Balaban J connectivity index is 3.19. The van der Waals surface area contributed by atoms with Crippen molar-refractivity contribution in [3.8, 4) is 0 Å². The number of halogens is 2. The van der Waals surface area contributed by atoms with Gasteiger partial charge in [0.1, 0.15) is 0 Å². The predicted octanol–water partition coefficient (Wildman–Crippen LogP) is 0.776. The number of hydrogen-bond donors (Lipinski definition) is 2. The summed E-state index contributed by atoms with van der Waals surface area (Å²) in [5.41, 5.74) is 10.6. The topological polar surface area (TPSA) is 91.2 Å². The highest BCUT2D eigenvalue weighted by molar-refractivity contribution is 5.74. The summed E-state index contributed by atoms with van der Waals surface area (Å²) in [6.07, 6.45) is -2.99. The fourth-order valence-electron chi connectivity index (χ4n) is 1.32. The van der Waals surface area contributed by atoms with Gasteiger partial charge >= 0.3 is 5.97 Å². The number of carbonyl (C=O) groups excluding carboxylic acids is 1. The minimum absolute atomic E-state index is 0.00578. The average Bonchev–Trinajstić information content (AvgIpc) is 2.31. The van der Waals surface area contributed by atoms with Crippen molar-refractivity contribution in [2.75, 3.05) is 12.8 Å². The van der Waals surface area contributed by atoms with Crippen LogP contribution >= 0.6 is 0 Å². The van der Waals surface area contributed by atoms with Gasteiger partial charge in [0.15, 0.2) is 0 Å². The minimum atomic E-state index is -2.74. The molecule has 17 heavy (non-hydrogen) atoms.